The van der Waals surface area contributed by atoms with Gasteiger partial charge in [0.25, 0.3) is 0 Å². The van der Waals surface area contributed by atoms with Gasteiger partial charge in [-0.25, -0.2) is 4.98 Å². The van der Waals surface area contributed by atoms with Gasteiger partial charge in [-0.1, -0.05) is 0 Å². The van der Waals surface area contributed by atoms with E-state index in [1.54, 1.807) is 5.32 Å². The van der Waals surface area contributed by atoms with Gasteiger partial charge in [0, 0.05) is 13.1 Å². The number of fused-ring (bicyclic) bond motifs is 1. The number of alkyl halides is 3. The van der Waals surface area contributed by atoms with Crippen LogP contribution >= 0.6 is 0 Å². The topological polar surface area (TPSA) is 213 Å². The number of hydrogen-bond acceptors (Lipinski definition) is 11. The first-order valence-corrected chi connectivity index (χ1v) is 9.46. The molecule has 0 aliphatic carbocycles. The molecule has 0 bridgehead atoms. The van der Waals surface area contributed by atoms with E-state index in [2.05, 4.69) is 20.3 Å². The number of nitrogens with zero attached hydrogens (tertiary/aromatic N) is 4. The first-order valence-electron chi connectivity index (χ1n) is 9.46. The number of ether oxygens (including phenoxy) is 2. The number of halogens is 3. The molecule has 4 atom stereocenters. The lowest BCUT2D eigenvalue weighted by atomic mass is 10.1. The van der Waals surface area contributed by atoms with Crippen molar-refractivity contribution in [1.29, 1.82) is 0 Å². The Morgan fingerprint density at radius 2 is 1.94 bits per heavy atom. The van der Waals surface area contributed by atoms with E-state index in [0.29, 0.717) is 0 Å². The van der Waals surface area contributed by atoms with E-state index in [0.717, 1.165) is 0 Å². The molecule has 1 saturated heterocycles. The molecule has 33 heavy (non-hydrogen) atoms. The molecular formula is C16H21F3N8O6. The van der Waals surface area contributed by atoms with Crippen LogP contribution in [0.25, 0.3) is 11.2 Å². The fraction of sp³-hybridized carbons (Fsp3) is 0.562. The van der Waals surface area contributed by atoms with E-state index < -0.39 is 62.3 Å². The van der Waals surface area contributed by atoms with Crippen LogP contribution in [-0.2, 0) is 19.1 Å². The van der Waals surface area contributed by atoms with Crippen LogP contribution in [0.15, 0.2) is 6.33 Å². The number of imidazole rings is 1. The van der Waals surface area contributed by atoms with Crippen LogP contribution in [0.4, 0.5) is 24.9 Å². The van der Waals surface area contributed by atoms with Gasteiger partial charge in [0.15, 0.2) is 17.7 Å². The molecule has 0 spiro atoms. The molecule has 2 aromatic rings. The van der Waals surface area contributed by atoms with E-state index in [4.69, 9.17) is 20.9 Å². The summed E-state index contributed by atoms with van der Waals surface area (Å²) >= 11 is 0. The molecule has 2 aromatic heterocycles. The molecular weight excluding hydrogens is 457 g/mol. The van der Waals surface area contributed by atoms with E-state index in [1.165, 1.54) is 10.9 Å². The number of rotatable bonds is 8. The minimum atomic E-state index is -5.03. The largest absolute Gasteiger partial charge is 0.471 e. The Balaban J connectivity index is 1.63. The van der Waals surface area contributed by atoms with Crippen LogP contribution in [0, 0.1) is 0 Å². The Morgan fingerprint density at radius 1 is 1.24 bits per heavy atom. The molecule has 0 saturated carbocycles. The average Bonchev–Trinajstić information content (AvgIpc) is 3.29. The summed E-state index contributed by atoms with van der Waals surface area (Å²) in [6.45, 7) is -1.93. The maximum Gasteiger partial charge on any atom is 0.471 e. The van der Waals surface area contributed by atoms with Gasteiger partial charge in [-0.3, -0.25) is 14.2 Å². The number of aliphatic hydroxyl groups is 2. The maximum absolute atomic E-state index is 12.1. The Morgan fingerprint density at radius 3 is 2.61 bits per heavy atom. The predicted octanol–water partition coefficient (Wildman–Crippen LogP) is -2.58. The van der Waals surface area contributed by atoms with Crippen molar-refractivity contribution in [1.82, 2.24) is 30.2 Å². The van der Waals surface area contributed by atoms with E-state index >= 15 is 0 Å². The quantitative estimate of drug-likeness (QED) is 0.217. The van der Waals surface area contributed by atoms with Gasteiger partial charge in [-0.15, -0.1) is 0 Å². The highest BCUT2D eigenvalue weighted by Crippen LogP contribution is 2.34. The second-order valence-electron chi connectivity index (χ2n) is 6.91. The predicted molar refractivity (Wildman–Crippen MR) is 103 cm³/mol. The molecule has 14 nitrogen and oxygen atoms in total. The molecule has 182 valence electrons. The number of aliphatic hydroxyl groups excluding tert-OH is 2. The van der Waals surface area contributed by atoms with Crippen LogP contribution < -0.4 is 22.1 Å². The van der Waals surface area contributed by atoms with E-state index in [9.17, 15) is 33.0 Å². The standard InChI is InChI=1S/C16H21F3N8O6/c17-16(18,19)14(31)23-2-1-22-7(29)4-32-10-9(30)6(3-28)33-13(10)27-5-24-8-11(20)25-15(21)26-12(8)27/h5-6,9-10,13,28,30H,1-4H2,(H,22,29)(H,23,31)(H4,20,21,25,26)/t6-,9?,10?,13-/m1/s1. The van der Waals surface area contributed by atoms with Crippen LogP contribution in [0.3, 0.4) is 0 Å². The Bertz CT molecular complexity index is 1020. The minimum Gasteiger partial charge on any atom is -0.394 e. The lowest BCUT2D eigenvalue weighted by molar-refractivity contribution is -0.173. The molecule has 0 aromatic carbocycles. The number of nitrogens with two attached hydrogens (primary N) is 2. The lowest BCUT2D eigenvalue weighted by Crippen LogP contribution is -2.42. The zero-order valence-electron chi connectivity index (χ0n) is 16.8. The van der Waals surface area contributed by atoms with Gasteiger partial charge in [0.05, 0.1) is 12.9 Å². The van der Waals surface area contributed by atoms with Gasteiger partial charge in [-0.05, 0) is 0 Å². The summed E-state index contributed by atoms with van der Waals surface area (Å²) in [4.78, 5) is 34.6. The number of carbonyl (C=O) groups excluding carboxylic acids is 2. The average molecular weight is 478 g/mol. The van der Waals surface area contributed by atoms with Gasteiger partial charge in [-0.2, -0.15) is 23.1 Å². The summed E-state index contributed by atoms with van der Waals surface area (Å²) in [6.07, 6.45) is -8.42. The SMILES string of the molecule is Nc1nc(N)c2ncn([C@@H]3O[C@H](CO)C(O)C3OCC(=O)NCCNC(=O)C(F)(F)F)c2n1. The van der Waals surface area contributed by atoms with Crippen molar-refractivity contribution >= 4 is 34.7 Å². The molecule has 0 radical (unpaired) electrons. The van der Waals surface area contributed by atoms with Crippen LogP contribution in [0.1, 0.15) is 6.23 Å². The van der Waals surface area contributed by atoms with Crippen molar-refractivity contribution in [3.8, 4) is 0 Å². The summed E-state index contributed by atoms with van der Waals surface area (Å²) in [5, 5.41) is 23.8. The number of nitrogens with one attached hydrogen (secondary N) is 2. The van der Waals surface area contributed by atoms with Crippen LogP contribution in [-0.4, -0.2) is 92.3 Å². The number of amides is 2. The third-order valence-electron chi connectivity index (χ3n) is 4.63. The van der Waals surface area contributed by atoms with Crippen molar-refractivity contribution in [3.05, 3.63) is 6.33 Å². The molecule has 8 N–H and O–H groups in total. The fourth-order valence-electron chi connectivity index (χ4n) is 3.12. The summed E-state index contributed by atoms with van der Waals surface area (Å²) in [5.74, 6) is -3.01. The van der Waals surface area contributed by atoms with Crippen molar-refractivity contribution in [3.63, 3.8) is 0 Å². The van der Waals surface area contributed by atoms with Crippen LogP contribution in [0.5, 0.6) is 0 Å². The second kappa shape index (κ2) is 9.69. The number of aromatic nitrogens is 4. The van der Waals surface area contributed by atoms with Gasteiger partial charge < -0.3 is 41.8 Å². The molecule has 17 heteroatoms. The van der Waals surface area contributed by atoms with E-state index in [-0.39, 0.29) is 29.5 Å². The summed E-state index contributed by atoms with van der Waals surface area (Å²) < 4.78 is 48.8. The second-order valence-corrected chi connectivity index (χ2v) is 6.91. The fourth-order valence-corrected chi connectivity index (χ4v) is 3.12. The zero-order valence-corrected chi connectivity index (χ0v) is 16.8. The minimum absolute atomic E-state index is 0.00274. The molecule has 1 aliphatic heterocycles. The smallest absolute Gasteiger partial charge is 0.394 e. The highest BCUT2D eigenvalue weighted by Gasteiger charge is 2.46. The molecule has 1 aliphatic rings. The summed E-state index contributed by atoms with van der Waals surface area (Å²) in [7, 11) is 0. The molecule has 3 heterocycles. The Labute approximate surface area is 183 Å². The Hall–Kier alpha value is -3.28. The molecule has 1 fully saturated rings. The molecule has 2 amide bonds. The monoisotopic (exact) mass is 478 g/mol. The number of nitrogen functional groups attached to an aromatic ring is 2. The third kappa shape index (κ3) is 5.38. The first kappa shape index (κ1) is 24.4. The van der Waals surface area contributed by atoms with Crippen molar-refractivity contribution in [2.24, 2.45) is 0 Å². The number of anilines is 2. The first-order chi connectivity index (χ1) is 15.5. The van der Waals surface area contributed by atoms with E-state index in [1.807, 2.05) is 0 Å². The van der Waals surface area contributed by atoms with Gasteiger partial charge in [0.2, 0.25) is 11.9 Å². The van der Waals surface area contributed by atoms with Crippen molar-refractivity contribution < 1.29 is 42.4 Å². The van der Waals surface area contributed by atoms with Gasteiger partial charge >= 0.3 is 12.1 Å². The highest BCUT2D eigenvalue weighted by atomic mass is 19.4. The third-order valence-corrected chi connectivity index (χ3v) is 4.63. The highest BCUT2D eigenvalue weighted by molar-refractivity contribution is 5.83. The normalized spacial score (nSPS) is 23.1. The maximum atomic E-state index is 12.1. The molecule has 2 unspecified atom stereocenters. The summed E-state index contributed by atoms with van der Waals surface area (Å²) in [6, 6.07) is 0. The zero-order chi connectivity index (χ0) is 24.3. The lowest BCUT2D eigenvalue weighted by Gasteiger charge is -2.22. The van der Waals surface area contributed by atoms with Gasteiger partial charge in [0.1, 0.15) is 30.4 Å². The van der Waals surface area contributed by atoms with Crippen molar-refractivity contribution in [2.45, 2.75) is 30.7 Å². The molecule has 3 rings (SSSR count). The Kier molecular flexibility index (Phi) is 7.15. The number of carbonyl (C=O) groups is 2. The van der Waals surface area contributed by atoms with Crippen LogP contribution in [0.2, 0.25) is 0 Å². The van der Waals surface area contributed by atoms with Crippen molar-refractivity contribution in [2.75, 3.05) is 37.8 Å². The number of hydrogen-bond donors (Lipinski definition) is 6. The summed E-state index contributed by atoms with van der Waals surface area (Å²) in [5.41, 5.74) is 11.8.